The van der Waals surface area contributed by atoms with Gasteiger partial charge in [-0.1, -0.05) is 30.3 Å². The Hall–Kier alpha value is -2.84. The molecule has 0 saturated carbocycles. The van der Waals surface area contributed by atoms with Crippen LogP contribution in [0.2, 0.25) is 0 Å². The number of allylic oxidation sites excluding steroid dienone is 1. The lowest BCUT2D eigenvalue weighted by Gasteiger charge is -2.15. The molecule has 2 aromatic rings. The van der Waals surface area contributed by atoms with Gasteiger partial charge in [0.15, 0.2) is 5.78 Å². The van der Waals surface area contributed by atoms with Gasteiger partial charge in [-0.15, -0.1) is 11.8 Å². The number of aryl methyl sites for hydroxylation is 1. The van der Waals surface area contributed by atoms with E-state index in [1.165, 1.54) is 5.56 Å². The number of carbonyl (C=O) groups excluding carboxylic acids is 1. The molecule has 1 aliphatic heterocycles. The first kappa shape index (κ1) is 18.0. The third kappa shape index (κ3) is 4.22. The highest BCUT2D eigenvalue weighted by Gasteiger charge is 2.24. The normalized spacial score (nSPS) is 14.0. The van der Waals surface area contributed by atoms with Crippen LogP contribution in [0.5, 0.6) is 5.75 Å². The second-order valence-electron chi connectivity index (χ2n) is 5.75. The standard InChI is InChI=1S/C21H18N2O2S/c1-25-17-9-7-16(8-10-17)21-18(14-22)19(24)13-20(23-21)26-12-11-15-5-3-2-4-6-15/h2-10H,11-13H2,1H3. The number of carbonyl (C=O) groups is 1. The molecule has 0 spiro atoms. The SMILES string of the molecule is COc1ccc(C2=C(C#N)C(=O)CC(SCCc3ccccc3)=N2)cc1. The second kappa shape index (κ2) is 8.50. The van der Waals surface area contributed by atoms with E-state index >= 15 is 0 Å². The largest absolute Gasteiger partial charge is 0.497 e. The molecule has 0 atom stereocenters. The van der Waals surface area contributed by atoms with Crippen LogP contribution in [-0.4, -0.2) is 23.7 Å². The van der Waals surface area contributed by atoms with Crippen LogP contribution < -0.4 is 4.74 Å². The zero-order valence-corrected chi connectivity index (χ0v) is 15.3. The Morgan fingerprint density at radius 3 is 2.54 bits per heavy atom. The van der Waals surface area contributed by atoms with Crippen LogP contribution in [-0.2, 0) is 11.2 Å². The summed E-state index contributed by atoms with van der Waals surface area (Å²) in [6, 6.07) is 19.5. The maximum atomic E-state index is 12.4. The first-order chi connectivity index (χ1) is 12.7. The molecule has 4 nitrogen and oxygen atoms in total. The van der Waals surface area contributed by atoms with Crippen LogP contribution in [0.1, 0.15) is 17.5 Å². The molecular weight excluding hydrogens is 344 g/mol. The van der Waals surface area contributed by atoms with E-state index in [1.54, 1.807) is 31.0 Å². The molecule has 2 aromatic carbocycles. The predicted molar refractivity (Wildman–Crippen MR) is 105 cm³/mol. The van der Waals surface area contributed by atoms with Crippen molar-refractivity contribution in [2.75, 3.05) is 12.9 Å². The maximum Gasteiger partial charge on any atom is 0.182 e. The first-order valence-electron chi connectivity index (χ1n) is 8.27. The summed E-state index contributed by atoms with van der Waals surface area (Å²) in [7, 11) is 1.60. The average Bonchev–Trinajstić information content (AvgIpc) is 2.68. The molecule has 0 radical (unpaired) electrons. The van der Waals surface area contributed by atoms with Crippen molar-refractivity contribution in [3.63, 3.8) is 0 Å². The summed E-state index contributed by atoms with van der Waals surface area (Å²) in [6.07, 6.45) is 1.10. The Kier molecular flexibility index (Phi) is 5.88. The highest BCUT2D eigenvalue weighted by Crippen LogP contribution is 2.30. The number of thioether (sulfide) groups is 1. The molecule has 0 N–H and O–H groups in total. The lowest BCUT2D eigenvalue weighted by atomic mass is 10.0. The molecule has 0 bridgehead atoms. The van der Waals surface area contributed by atoms with Crippen molar-refractivity contribution in [3.05, 3.63) is 71.3 Å². The molecule has 0 saturated heterocycles. The predicted octanol–water partition coefficient (Wildman–Crippen LogP) is 4.28. The Labute approximate surface area is 157 Å². The number of rotatable bonds is 5. The number of ether oxygens (including phenoxy) is 1. The van der Waals surface area contributed by atoms with Crippen molar-refractivity contribution in [2.45, 2.75) is 12.8 Å². The van der Waals surface area contributed by atoms with Gasteiger partial charge in [-0.05, 0) is 36.2 Å². The van der Waals surface area contributed by atoms with Gasteiger partial charge in [-0.25, -0.2) is 4.99 Å². The molecule has 3 rings (SSSR count). The lowest BCUT2D eigenvalue weighted by molar-refractivity contribution is -0.114. The fourth-order valence-corrected chi connectivity index (χ4v) is 3.63. The van der Waals surface area contributed by atoms with E-state index in [0.717, 1.165) is 28.5 Å². The van der Waals surface area contributed by atoms with Crippen LogP contribution in [0.4, 0.5) is 0 Å². The molecule has 1 aliphatic rings. The summed E-state index contributed by atoms with van der Waals surface area (Å²) in [5.74, 6) is 1.39. The number of ketones is 1. The number of nitriles is 1. The van der Waals surface area contributed by atoms with Gasteiger partial charge in [0.25, 0.3) is 0 Å². The molecule has 0 amide bonds. The molecule has 0 aromatic heterocycles. The monoisotopic (exact) mass is 362 g/mol. The van der Waals surface area contributed by atoms with Crippen molar-refractivity contribution in [1.82, 2.24) is 0 Å². The van der Waals surface area contributed by atoms with Gasteiger partial charge in [-0.3, -0.25) is 4.79 Å². The summed E-state index contributed by atoms with van der Waals surface area (Å²) in [5, 5.41) is 10.1. The van der Waals surface area contributed by atoms with Crippen molar-refractivity contribution < 1.29 is 9.53 Å². The maximum absolute atomic E-state index is 12.4. The number of nitrogens with zero attached hydrogens (tertiary/aromatic N) is 2. The summed E-state index contributed by atoms with van der Waals surface area (Å²) >= 11 is 1.58. The minimum Gasteiger partial charge on any atom is -0.497 e. The topological polar surface area (TPSA) is 62.4 Å². The molecule has 5 heteroatoms. The van der Waals surface area contributed by atoms with Crippen LogP contribution >= 0.6 is 11.8 Å². The van der Waals surface area contributed by atoms with Crippen molar-refractivity contribution in [2.24, 2.45) is 4.99 Å². The molecule has 1 heterocycles. The second-order valence-corrected chi connectivity index (χ2v) is 6.92. The van der Waals surface area contributed by atoms with E-state index in [2.05, 4.69) is 17.1 Å². The summed E-state index contributed by atoms with van der Waals surface area (Å²) in [6.45, 7) is 0. The Morgan fingerprint density at radius 2 is 1.88 bits per heavy atom. The van der Waals surface area contributed by atoms with Crippen LogP contribution in [0, 0.1) is 11.3 Å². The molecule has 0 unspecified atom stereocenters. The quantitative estimate of drug-likeness (QED) is 0.796. The number of benzene rings is 2. The van der Waals surface area contributed by atoms with Crippen molar-refractivity contribution in [3.8, 4) is 11.8 Å². The third-order valence-electron chi connectivity index (χ3n) is 4.04. The fraction of sp³-hybridized carbons (Fsp3) is 0.190. The average molecular weight is 362 g/mol. The van der Waals surface area contributed by atoms with Crippen LogP contribution in [0.3, 0.4) is 0 Å². The van der Waals surface area contributed by atoms with Gasteiger partial charge in [0.2, 0.25) is 0 Å². The Balaban J connectivity index is 1.78. The van der Waals surface area contributed by atoms with Crippen molar-refractivity contribution >= 4 is 28.3 Å². The number of methoxy groups -OCH3 is 1. The van der Waals surface area contributed by atoms with E-state index in [-0.39, 0.29) is 17.8 Å². The zero-order chi connectivity index (χ0) is 18.4. The molecule has 0 aliphatic carbocycles. The van der Waals surface area contributed by atoms with E-state index < -0.39 is 0 Å². The molecule has 26 heavy (non-hydrogen) atoms. The highest BCUT2D eigenvalue weighted by molar-refractivity contribution is 8.14. The van der Waals surface area contributed by atoms with Gasteiger partial charge in [0.05, 0.1) is 24.3 Å². The van der Waals surface area contributed by atoms with Gasteiger partial charge in [0.1, 0.15) is 17.4 Å². The van der Waals surface area contributed by atoms with Gasteiger partial charge in [-0.2, -0.15) is 5.26 Å². The van der Waals surface area contributed by atoms with Gasteiger partial charge >= 0.3 is 0 Å². The molecule has 130 valence electrons. The van der Waals surface area contributed by atoms with Crippen molar-refractivity contribution in [1.29, 1.82) is 5.26 Å². The summed E-state index contributed by atoms with van der Waals surface area (Å²) < 4.78 is 5.16. The van der Waals surface area contributed by atoms with Crippen LogP contribution in [0.25, 0.3) is 5.70 Å². The number of Topliss-reactive ketones (excluding diaryl/α,β-unsaturated/α-hetero) is 1. The third-order valence-corrected chi connectivity index (χ3v) is 5.02. The van der Waals surface area contributed by atoms with E-state index in [4.69, 9.17) is 4.74 Å². The Morgan fingerprint density at radius 1 is 1.15 bits per heavy atom. The van der Waals surface area contributed by atoms with E-state index in [1.807, 2.05) is 36.4 Å². The highest BCUT2D eigenvalue weighted by atomic mass is 32.2. The van der Waals surface area contributed by atoms with Gasteiger partial charge in [0, 0.05) is 11.3 Å². The smallest absolute Gasteiger partial charge is 0.182 e. The fourth-order valence-electron chi connectivity index (χ4n) is 2.67. The number of hydrogen-bond donors (Lipinski definition) is 0. The summed E-state index contributed by atoms with van der Waals surface area (Å²) in [5.41, 5.74) is 2.58. The number of hydrogen-bond acceptors (Lipinski definition) is 5. The van der Waals surface area contributed by atoms with E-state index in [0.29, 0.717) is 5.70 Å². The minimum absolute atomic E-state index is 0.127. The minimum atomic E-state index is -0.171. The number of aliphatic imine (C=N–C) groups is 1. The first-order valence-corrected chi connectivity index (χ1v) is 9.26. The lowest BCUT2D eigenvalue weighted by Crippen LogP contribution is -2.14. The molecule has 0 fully saturated rings. The summed E-state index contributed by atoms with van der Waals surface area (Å²) in [4.78, 5) is 17.0. The zero-order valence-electron chi connectivity index (χ0n) is 14.4. The Bertz CT molecular complexity index is 894. The van der Waals surface area contributed by atoms with Gasteiger partial charge < -0.3 is 4.74 Å². The molecular formula is C21H18N2O2S. The van der Waals surface area contributed by atoms with Crippen LogP contribution in [0.15, 0.2) is 65.2 Å². The van der Waals surface area contributed by atoms with E-state index in [9.17, 15) is 10.1 Å².